The zero-order valence-electron chi connectivity index (χ0n) is 9.54. The Kier molecular flexibility index (Phi) is 2.93. The fourth-order valence-electron chi connectivity index (χ4n) is 1.59. The normalized spacial score (nSPS) is 10.9. The molecule has 2 heterocycles. The van der Waals surface area contributed by atoms with E-state index in [1.807, 2.05) is 36.6 Å². The first-order valence-electron chi connectivity index (χ1n) is 5.35. The molecule has 0 saturated heterocycles. The van der Waals surface area contributed by atoms with Crippen LogP contribution in [0.25, 0.3) is 11.0 Å². The highest BCUT2D eigenvalue weighted by atomic mass is 32.2. The molecule has 0 fully saturated rings. The molecule has 0 radical (unpaired) electrons. The third kappa shape index (κ3) is 2.19. The Morgan fingerprint density at radius 2 is 2.17 bits per heavy atom. The van der Waals surface area contributed by atoms with Crippen molar-refractivity contribution >= 4 is 34.1 Å². The first kappa shape index (κ1) is 11.5. The minimum Gasteiger partial charge on any atom is -0.422 e. The molecule has 0 unspecified atom stereocenters. The van der Waals surface area contributed by atoms with Gasteiger partial charge in [0.25, 0.3) is 0 Å². The van der Waals surface area contributed by atoms with Gasteiger partial charge in [0.15, 0.2) is 4.34 Å². The van der Waals surface area contributed by atoms with Gasteiger partial charge in [0.05, 0.1) is 0 Å². The lowest BCUT2D eigenvalue weighted by atomic mass is 10.2. The molecule has 0 aliphatic rings. The molecule has 2 aromatic heterocycles. The number of benzene rings is 1. The maximum absolute atomic E-state index is 11.8. The number of hydrogen-bond donors (Lipinski definition) is 0. The largest absolute Gasteiger partial charge is 0.422 e. The smallest absolute Gasteiger partial charge is 0.350 e. The van der Waals surface area contributed by atoms with Crippen molar-refractivity contribution in [2.45, 2.75) is 16.2 Å². The van der Waals surface area contributed by atoms with E-state index in [-0.39, 0.29) is 5.63 Å². The lowest BCUT2D eigenvalue weighted by Crippen LogP contribution is -2.00. The van der Waals surface area contributed by atoms with Crippen LogP contribution in [0, 0.1) is 6.92 Å². The Hall–Kier alpha value is -1.59. The van der Waals surface area contributed by atoms with Crippen molar-refractivity contribution in [2.75, 3.05) is 0 Å². The Morgan fingerprint density at radius 1 is 1.33 bits per heavy atom. The van der Waals surface area contributed by atoms with Gasteiger partial charge in [-0.1, -0.05) is 30.0 Å². The monoisotopic (exact) mass is 275 g/mol. The van der Waals surface area contributed by atoms with Crippen LogP contribution in [0.3, 0.4) is 0 Å². The van der Waals surface area contributed by atoms with E-state index >= 15 is 0 Å². The quantitative estimate of drug-likeness (QED) is 0.669. The molecule has 1 aromatic carbocycles. The average Bonchev–Trinajstić information content (AvgIpc) is 2.76. The first-order chi connectivity index (χ1) is 8.72. The van der Waals surface area contributed by atoms with Gasteiger partial charge >= 0.3 is 5.63 Å². The molecule has 0 saturated carbocycles. The first-order valence-corrected chi connectivity index (χ1v) is 7.05. The van der Waals surface area contributed by atoms with Crippen LogP contribution in [-0.4, -0.2) is 4.98 Å². The fourth-order valence-corrected chi connectivity index (χ4v) is 3.40. The Balaban J connectivity index is 2.06. The molecule has 3 aromatic rings. The van der Waals surface area contributed by atoms with Crippen molar-refractivity contribution in [3.05, 3.63) is 51.8 Å². The summed E-state index contributed by atoms with van der Waals surface area (Å²) >= 11 is 2.88. The predicted octanol–water partition coefficient (Wildman–Crippen LogP) is 3.71. The van der Waals surface area contributed by atoms with E-state index in [2.05, 4.69) is 4.98 Å². The van der Waals surface area contributed by atoms with Gasteiger partial charge in [0, 0.05) is 16.5 Å². The number of thiazole rings is 1. The minimum atomic E-state index is -0.313. The topological polar surface area (TPSA) is 43.1 Å². The van der Waals surface area contributed by atoms with Crippen molar-refractivity contribution in [1.82, 2.24) is 4.98 Å². The molecule has 0 spiro atoms. The van der Waals surface area contributed by atoms with Crippen LogP contribution in [0.5, 0.6) is 0 Å². The summed E-state index contributed by atoms with van der Waals surface area (Å²) in [5.74, 6) is 0. The van der Waals surface area contributed by atoms with Crippen LogP contribution in [-0.2, 0) is 0 Å². The van der Waals surface area contributed by atoms with E-state index in [9.17, 15) is 4.79 Å². The van der Waals surface area contributed by atoms with Gasteiger partial charge in [0.1, 0.15) is 10.5 Å². The maximum atomic E-state index is 11.8. The summed E-state index contributed by atoms with van der Waals surface area (Å²) in [5.41, 5.74) is 1.27. The maximum Gasteiger partial charge on any atom is 0.350 e. The summed E-state index contributed by atoms with van der Waals surface area (Å²) in [6, 6.07) is 9.34. The van der Waals surface area contributed by atoms with Gasteiger partial charge in [-0.25, -0.2) is 9.78 Å². The van der Waals surface area contributed by atoms with E-state index < -0.39 is 0 Å². The molecule has 18 heavy (non-hydrogen) atoms. The van der Waals surface area contributed by atoms with Crippen LogP contribution < -0.4 is 5.63 Å². The molecule has 0 N–H and O–H groups in total. The highest BCUT2D eigenvalue weighted by Gasteiger charge is 2.08. The number of fused-ring (bicyclic) bond motifs is 1. The molecule has 0 amide bonds. The van der Waals surface area contributed by atoms with Crippen LogP contribution in [0.2, 0.25) is 0 Å². The van der Waals surface area contributed by atoms with Crippen molar-refractivity contribution < 1.29 is 4.42 Å². The van der Waals surface area contributed by atoms with E-state index in [1.54, 1.807) is 6.07 Å². The highest BCUT2D eigenvalue weighted by molar-refractivity contribution is 8.01. The Bertz CT molecular complexity index is 761. The van der Waals surface area contributed by atoms with Gasteiger partial charge in [-0.15, -0.1) is 11.3 Å². The van der Waals surface area contributed by atoms with Crippen LogP contribution in [0.4, 0.5) is 0 Å². The highest BCUT2D eigenvalue weighted by Crippen LogP contribution is 2.29. The molecule has 0 atom stereocenters. The van der Waals surface area contributed by atoms with Gasteiger partial charge in [-0.05, 0) is 19.1 Å². The zero-order chi connectivity index (χ0) is 12.5. The van der Waals surface area contributed by atoms with Crippen LogP contribution in [0.1, 0.15) is 5.69 Å². The molecule has 0 aliphatic heterocycles. The number of nitrogens with zero attached hydrogens (tertiary/aromatic N) is 1. The second kappa shape index (κ2) is 4.59. The predicted molar refractivity (Wildman–Crippen MR) is 73.5 cm³/mol. The summed E-state index contributed by atoms with van der Waals surface area (Å²) in [6.45, 7) is 1.93. The summed E-state index contributed by atoms with van der Waals surface area (Å²) in [7, 11) is 0. The van der Waals surface area contributed by atoms with E-state index in [0.717, 1.165) is 15.4 Å². The van der Waals surface area contributed by atoms with Crippen molar-refractivity contribution in [1.29, 1.82) is 0 Å². The fraction of sp³-hybridized carbons (Fsp3) is 0.0769. The molecule has 0 bridgehead atoms. The second-order valence-corrected chi connectivity index (χ2v) is 5.94. The molecule has 90 valence electrons. The van der Waals surface area contributed by atoms with Crippen molar-refractivity contribution in [3.63, 3.8) is 0 Å². The molecule has 3 nitrogen and oxygen atoms in total. The van der Waals surface area contributed by atoms with Crippen LogP contribution >= 0.6 is 23.1 Å². The third-order valence-electron chi connectivity index (χ3n) is 2.40. The summed E-state index contributed by atoms with van der Waals surface area (Å²) in [6.07, 6.45) is 0. The standard InChI is InChI=1S/C13H9NO2S2/c1-8-7-17-13(14-8)18-11-6-9-4-2-3-5-10(9)16-12(11)15/h2-7H,1H3. The average molecular weight is 275 g/mol. The molecule has 3 rings (SSSR count). The van der Waals surface area contributed by atoms with Gasteiger partial charge in [-0.2, -0.15) is 0 Å². The SMILES string of the molecule is Cc1csc(Sc2cc3ccccc3oc2=O)n1. The molecular weight excluding hydrogens is 266 g/mol. The number of hydrogen-bond acceptors (Lipinski definition) is 5. The number of aryl methyl sites for hydroxylation is 1. The van der Waals surface area contributed by atoms with Gasteiger partial charge in [-0.3, -0.25) is 0 Å². The summed E-state index contributed by atoms with van der Waals surface area (Å²) in [4.78, 5) is 16.7. The van der Waals surface area contributed by atoms with Gasteiger partial charge in [0.2, 0.25) is 0 Å². The summed E-state index contributed by atoms with van der Waals surface area (Å²) < 4.78 is 6.13. The molecular formula is C13H9NO2S2. The Labute approximate surface area is 111 Å². The van der Waals surface area contributed by atoms with Crippen LogP contribution in [0.15, 0.2) is 54.2 Å². The Morgan fingerprint density at radius 3 is 2.94 bits per heavy atom. The van der Waals surface area contributed by atoms with E-state index in [0.29, 0.717) is 10.5 Å². The number of rotatable bonds is 2. The summed E-state index contributed by atoms with van der Waals surface area (Å²) in [5, 5.41) is 2.89. The van der Waals surface area contributed by atoms with E-state index in [1.165, 1.54) is 23.1 Å². The molecule has 0 aliphatic carbocycles. The zero-order valence-corrected chi connectivity index (χ0v) is 11.2. The number of para-hydroxylation sites is 1. The van der Waals surface area contributed by atoms with E-state index in [4.69, 9.17) is 4.42 Å². The minimum absolute atomic E-state index is 0.313. The van der Waals surface area contributed by atoms with Crippen molar-refractivity contribution in [3.8, 4) is 0 Å². The lowest BCUT2D eigenvalue weighted by Gasteiger charge is -1.99. The van der Waals surface area contributed by atoms with Crippen molar-refractivity contribution in [2.24, 2.45) is 0 Å². The lowest BCUT2D eigenvalue weighted by molar-refractivity contribution is 0.544. The second-order valence-electron chi connectivity index (χ2n) is 3.79. The third-order valence-corrected chi connectivity index (χ3v) is 4.47. The van der Waals surface area contributed by atoms with Gasteiger partial charge < -0.3 is 4.42 Å². The molecule has 5 heteroatoms. The number of aromatic nitrogens is 1.